The fraction of sp³-hybridized carbons (Fsp3) is 0.333. The second kappa shape index (κ2) is 10.3. The number of para-hydroxylation sites is 1. The summed E-state index contributed by atoms with van der Waals surface area (Å²) in [7, 11) is 0. The highest BCUT2D eigenvalue weighted by Crippen LogP contribution is 2.22. The van der Waals surface area contributed by atoms with Gasteiger partial charge in [0, 0.05) is 37.3 Å². The number of halogens is 2. The van der Waals surface area contributed by atoms with Crippen molar-refractivity contribution in [3.05, 3.63) is 64.4 Å². The normalized spacial score (nSPS) is 10.8. The minimum absolute atomic E-state index is 0.141. The summed E-state index contributed by atoms with van der Waals surface area (Å²) in [5, 5.41) is 15.5. The lowest BCUT2D eigenvalue weighted by atomic mass is 10.2. The fourth-order valence-electron chi connectivity index (χ4n) is 2.19. The van der Waals surface area contributed by atoms with Crippen LogP contribution in [0.4, 0.5) is 4.39 Å². The van der Waals surface area contributed by atoms with E-state index in [4.69, 9.17) is 21.4 Å². The summed E-state index contributed by atoms with van der Waals surface area (Å²) in [5.41, 5.74) is 1.78. The molecular weight excluding hydrogens is 331 g/mol. The lowest BCUT2D eigenvalue weighted by Crippen LogP contribution is -2.28. The predicted molar refractivity (Wildman–Crippen MR) is 93.8 cm³/mol. The first-order valence-electron chi connectivity index (χ1n) is 7.87. The summed E-state index contributed by atoms with van der Waals surface area (Å²) in [6, 6.07) is 12.1. The number of rotatable bonds is 10. The molecule has 0 aliphatic rings. The maximum absolute atomic E-state index is 13.1. The Kier molecular flexibility index (Phi) is 7.98. The summed E-state index contributed by atoms with van der Waals surface area (Å²) < 4.78 is 18.9. The molecular formula is C18H22ClFN2O2. The van der Waals surface area contributed by atoms with Gasteiger partial charge >= 0.3 is 0 Å². The van der Waals surface area contributed by atoms with E-state index in [9.17, 15) is 4.39 Å². The first kappa shape index (κ1) is 18.7. The van der Waals surface area contributed by atoms with Crippen molar-refractivity contribution in [1.82, 2.24) is 10.6 Å². The second-order valence-corrected chi connectivity index (χ2v) is 5.69. The highest BCUT2D eigenvalue weighted by molar-refractivity contribution is 6.31. The standard InChI is InChI=1S/C18H22ClFN2O2/c19-17-11-16(20)6-5-15(17)13-24-18-4-2-1-3-14(18)12-22-8-7-21-9-10-23/h1-6,11,21-23H,7-10,12-13H2. The van der Waals surface area contributed by atoms with Crippen molar-refractivity contribution in [1.29, 1.82) is 0 Å². The van der Waals surface area contributed by atoms with E-state index in [1.165, 1.54) is 12.1 Å². The van der Waals surface area contributed by atoms with Gasteiger partial charge in [-0.25, -0.2) is 4.39 Å². The van der Waals surface area contributed by atoms with Crippen LogP contribution in [0.2, 0.25) is 5.02 Å². The molecule has 24 heavy (non-hydrogen) atoms. The van der Waals surface area contributed by atoms with Crippen LogP contribution in [-0.4, -0.2) is 31.3 Å². The minimum atomic E-state index is -0.358. The molecule has 3 N–H and O–H groups in total. The van der Waals surface area contributed by atoms with E-state index in [1.54, 1.807) is 6.07 Å². The predicted octanol–water partition coefficient (Wildman–Crippen LogP) is 2.73. The van der Waals surface area contributed by atoms with E-state index in [0.717, 1.165) is 30.0 Å². The fourth-order valence-corrected chi connectivity index (χ4v) is 2.41. The van der Waals surface area contributed by atoms with Gasteiger partial charge in [0.2, 0.25) is 0 Å². The number of nitrogens with one attached hydrogen (secondary N) is 2. The monoisotopic (exact) mass is 352 g/mol. The third kappa shape index (κ3) is 6.09. The van der Waals surface area contributed by atoms with Crippen LogP contribution in [0.3, 0.4) is 0 Å². The Morgan fingerprint density at radius 1 is 1.00 bits per heavy atom. The van der Waals surface area contributed by atoms with Gasteiger partial charge in [-0.2, -0.15) is 0 Å². The van der Waals surface area contributed by atoms with Gasteiger partial charge in [0.05, 0.1) is 11.6 Å². The Hall–Kier alpha value is -1.66. The van der Waals surface area contributed by atoms with Crippen molar-refractivity contribution >= 4 is 11.6 Å². The van der Waals surface area contributed by atoms with E-state index < -0.39 is 0 Å². The molecule has 0 atom stereocenters. The van der Waals surface area contributed by atoms with Crippen molar-refractivity contribution in [2.75, 3.05) is 26.2 Å². The Morgan fingerprint density at radius 3 is 2.58 bits per heavy atom. The molecule has 2 aromatic carbocycles. The van der Waals surface area contributed by atoms with Crippen molar-refractivity contribution in [3.8, 4) is 5.75 Å². The first-order valence-corrected chi connectivity index (χ1v) is 8.25. The van der Waals surface area contributed by atoms with Gasteiger partial charge in [-0.1, -0.05) is 35.9 Å². The molecule has 0 unspecified atom stereocenters. The molecule has 2 rings (SSSR count). The maximum atomic E-state index is 13.1. The SMILES string of the molecule is OCCNCCNCc1ccccc1OCc1ccc(F)cc1Cl. The van der Waals surface area contributed by atoms with Crippen LogP contribution in [0, 0.1) is 5.82 Å². The zero-order valence-electron chi connectivity index (χ0n) is 13.4. The van der Waals surface area contributed by atoms with E-state index >= 15 is 0 Å². The van der Waals surface area contributed by atoms with Gasteiger partial charge in [0.15, 0.2) is 0 Å². The maximum Gasteiger partial charge on any atom is 0.124 e. The molecule has 0 aromatic heterocycles. The smallest absolute Gasteiger partial charge is 0.124 e. The van der Waals surface area contributed by atoms with Gasteiger partial charge in [0.25, 0.3) is 0 Å². The molecule has 130 valence electrons. The largest absolute Gasteiger partial charge is 0.489 e. The lowest BCUT2D eigenvalue weighted by Gasteiger charge is -2.13. The third-order valence-corrected chi connectivity index (χ3v) is 3.81. The molecule has 2 aromatic rings. The van der Waals surface area contributed by atoms with E-state index in [2.05, 4.69) is 10.6 Å². The van der Waals surface area contributed by atoms with E-state index in [0.29, 0.717) is 18.1 Å². The number of hydrogen-bond donors (Lipinski definition) is 3. The van der Waals surface area contributed by atoms with Crippen molar-refractivity contribution in [2.45, 2.75) is 13.2 Å². The highest BCUT2D eigenvalue weighted by Gasteiger charge is 2.06. The van der Waals surface area contributed by atoms with Crippen molar-refractivity contribution in [3.63, 3.8) is 0 Å². The lowest BCUT2D eigenvalue weighted by molar-refractivity contribution is 0.292. The van der Waals surface area contributed by atoms with Crippen LogP contribution < -0.4 is 15.4 Å². The minimum Gasteiger partial charge on any atom is -0.489 e. The highest BCUT2D eigenvalue weighted by atomic mass is 35.5. The van der Waals surface area contributed by atoms with Crippen LogP contribution in [-0.2, 0) is 13.2 Å². The van der Waals surface area contributed by atoms with Gasteiger partial charge in [-0.3, -0.25) is 0 Å². The van der Waals surface area contributed by atoms with Crippen LogP contribution in [0.25, 0.3) is 0 Å². The molecule has 4 nitrogen and oxygen atoms in total. The Bertz CT molecular complexity index is 640. The number of benzene rings is 2. The topological polar surface area (TPSA) is 53.5 Å². The molecule has 0 amide bonds. The average Bonchev–Trinajstić information content (AvgIpc) is 2.58. The summed E-state index contributed by atoms with van der Waals surface area (Å²) in [6.45, 7) is 3.28. The van der Waals surface area contributed by atoms with Crippen molar-refractivity contribution < 1.29 is 14.2 Å². The molecule has 0 heterocycles. The van der Waals surface area contributed by atoms with Crippen molar-refractivity contribution in [2.24, 2.45) is 0 Å². The molecule has 0 radical (unpaired) electrons. The molecule has 0 bridgehead atoms. The molecule has 6 heteroatoms. The number of aliphatic hydroxyl groups excluding tert-OH is 1. The van der Waals surface area contributed by atoms with Crippen LogP contribution >= 0.6 is 11.6 Å². The Labute approximate surface area is 146 Å². The summed E-state index contributed by atoms with van der Waals surface area (Å²) in [6.07, 6.45) is 0. The molecule has 0 aliphatic heterocycles. The number of ether oxygens (including phenoxy) is 1. The van der Waals surface area contributed by atoms with E-state index in [1.807, 2.05) is 24.3 Å². The molecule has 0 saturated heterocycles. The molecule has 0 saturated carbocycles. The number of hydrogen-bond acceptors (Lipinski definition) is 4. The zero-order valence-corrected chi connectivity index (χ0v) is 14.2. The van der Waals surface area contributed by atoms with Gasteiger partial charge in [-0.05, 0) is 18.2 Å². The summed E-state index contributed by atoms with van der Waals surface area (Å²) in [4.78, 5) is 0. The Morgan fingerprint density at radius 2 is 1.79 bits per heavy atom. The van der Waals surface area contributed by atoms with Crippen LogP contribution in [0.15, 0.2) is 42.5 Å². The first-order chi connectivity index (χ1) is 11.7. The summed E-state index contributed by atoms with van der Waals surface area (Å²) >= 11 is 6.02. The van der Waals surface area contributed by atoms with Crippen LogP contribution in [0.1, 0.15) is 11.1 Å². The summed E-state index contributed by atoms with van der Waals surface area (Å²) in [5.74, 6) is 0.414. The van der Waals surface area contributed by atoms with Gasteiger partial charge in [0.1, 0.15) is 18.2 Å². The third-order valence-electron chi connectivity index (χ3n) is 3.45. The molecule has 0 spiro atoms. The van der Waals surface area contributed by atoms with Gasteiger partial charge in [-0.15, -0.1) is 0 Å². The zero-order chi connectivity index (χ0) is 17.2. The second-order valence-electron chi connectivity index (χ2n) is 5.28. The Balaban J connectivity index is 1.86. The molecule has 0 fully saturated rings. The van der Waals surface area contributed by atoms with Gasteiger partial charge < -0.3 is 20.5 Å². The number of aliphatic hydroxyl groups is 1. The molecule has 0 aliphatic carbocycles. The van der Waals surface area contributed by atoms with Crippen LogP contribution in [0.5, 0.6) is 5.75 Å². The average molecular weight is 353 g/mol. The van der Waals surface area contributed by atoms with E-state index in [-0.39, 0.29) is 19.0 Å². The quantitative estimate of drug-likeness (QED) is 0.575.